The molecule has 31 heavy (non-hydrogen) atoms. The first-order chi connectivity index (χ1) is 14.6. The van der Waals surface area contributed by atoms with E-state index in [0.717, 1.165) is 7.11 Å². The van der Waals surface area contributed by atoms with Crippen molar-refractivity contribution < 1.29 is 22.7 Å². The summed E-state index contributed by atoms with van der Waals surface area (Å²) in [5, 5.41) is 4.28. The highest BCUT2D eigenvalue weighted by Gasteiger charge is 2.34. The molecule has 3 aromatic heterocycles. The van der Waals surface area contributed by atoms with Gasteiger partial charge >= 0.3 is 17.8 Å². The molecular formula is C20H16F3N5O3. The second-order valence-corrected chi connectivity index (χ2v) is 6.83. The Kier molecular flexibility index (Phi) is 4.68. The van der Waals surface area contributed by atoms with Crippen LogP contribution in [0.4, 0.5) is 13.2 Å². The van der Waals surface area contributed by atoms with Gasteiger partial charge in [0, 0.05) is 18.1 Å². The van der Waals surface area contributed by atoms with Crippen molar-refractivity contribution in [3.63, 3.8) is 0 Å². The monoisotopic (exact) mass is 431 g/mol. The molecule has 0 aliphatic heterocycles. The van der Waals surface area contributed by atoms with Crippen LogP contribution < -0.4 is 5.69 Å². The molecule has 4 aromatic rings. The van der Waals surface area contributed by atoms with E-state index in [2.05, 4.69) is 19.8 Å². The Morgan fingerprint density at radius 1 is 1.16 bits per heavy atom. The van der Waals surface area contributed by atoms with Gasteiger partial charge in [0.05, 0.1) is 18.4 Å². The summed E-state index contributed by atoms with van der Waals surface area (Å²) in [5.41, 5.74) is -0.166. The Morgan fingerprint density at radius 2 is 1.84 bits per heavy atom. The van der Waals surface area contributed by atoms with Crippen LogP contribution in [0, 0.1) is 6.92 Å². The van der Waals surface area contributed by atoms with E-state index in [1.54, 1.807) is 38.2 Å². The molecule has 0 unspecified atom stereocenters. The fourth-order valence-corrected chi connectivity index (χ4v) is 3.36. The van der Waals surface area contributed by atoms with Crippen molar-refractivity contribution in [3.8, 4) is 16.9 Å². The molecule has 1 N–H and O–H groups in total. The molecule has 0 amide bonds. The fraction of sp³-hybridized carbons (Fsp3) is 0.200. The summed E-state index contributed by atoms with van der Waals surface area (Å²) >= 11 is 0. The number of benzene rings is 1. The standard InChI is InChI=1S/C20H16F3N5O3/c1-10-26-27(2)19(30)28(10)12-6-4-11(5-7-12)15-8-13-14(18(29)31-3)9-16(20(21,22)23)25-17(13)24-15/h4-9H,1-3H3,(H,24,25). The summed E-state index contributed by atoms with van der Waals surface area (Å²) in [6, 6.07) is 8.97. The molecule has 0 radical (unpaired) electrons. The number of aromatic amines is 1. The highest BCUT2D eigenvalue weighted by molar-refractivity contribution is 6.04. The minimum absolute atomic E-state index is 0.0892. The molecule has 160 valence electrons. The minimum atomic E-state index is -4.72. The Balaban J connectivity index is 1.81. The number of rotatable bonds is 3. The van der Waals surface area contributed by atoms with Crippen molar-refractivity contribution in [3.05, 3.63) is 64.0 Å². The first-order valence-electron chi connectivity index (χ1n) is 9.03. The third-order valence-electron chi connectivity index (χ3n) is 4.82. The van der Waals surface area contributed by atoms with Crippen molar-refractivity contribution in [1.82, 2.24) is 24.3 Å². The number of methoxy groups -OCH3 is 1. The van der Waals surface area contributed by atoms with E-state index >= 15 is 0 Å². The number of esters is 1. The minimum Gasteiger partial charge on any atom is -0.465 e. The number of hydrogen-bond donors (Lipinski definition) is 1. The van der Waals surface area contributed by atoms with Gasteiger partial charge in [0.1, 0.15) is 17.2 Å². The summed E-state index contributed by atoms with van der Waals surface area (Å²) in [4.78, 5) is 30.7. The van der Waals surface area contributed by atoms with Gasteiger partial charge in [-0.2, -0.15) is 18.3 Å². The van der Waals surface area contributed by atoms with E-state index in [9.17, 15) is 22.8 Å². The van der Waals surface area contributed by atoms with E-state index < -0.39 is 17.8 Å². The topological polar surface area (TPSA) is 94.8 Å². The maximum Gasteiger partial charge on any atom is 0.433 e. The number of halogens is 3. The van der Waals surface area contributed by atoms with E-state index in [4.69, 9.17) is 0 Å². The van der Waals surface area contributed by atoms with Gasteiger partial charge in [-0.05, 0) is 36.8 Å². The molecule has 8 nitrogen and oxygen atoms in total. The van der Waals surface area contributed by atoms with E-state index in [0.29, 0.717) is 28.8 Å². The number of aryl methyl sites for hydroxylation is 2. The number of ether oxygens (including phenoxy) is 1. The molecule has 0 bridgehead atoms. The number of pyridine rings is 1. The predicted molar refractivity (Wildman–Crippen MR) is 105 cm³/mol. The zero-order valence-electron chi connectivity index (χ0n) is 16.6. The van der Waals surface area contributed by atoms with E-state index in [-0.39, 0.29) is 22.3 Å². The first kappa shape index (κ1) is 20.4. The van der Waals surface area contributed by atoms with Crippen molar-refractivity contribution in [2.75, 3.05) is 7.11 Å². The molecule has 0 spiro atoms. The largest absolute Gasteiger partial charge is 0.465 e. The van der Waals surface area contributed by atoms with Crippen molar-refractivity contribution in [2.45, 2.75) is 13.1 Å². The molecule has 0 aliphatic carbocycles. The molecule has 0 saturated heterocycles. The van der Waals surface area contributed by atoms with Gasteiger partial charge in [-0.25, -0.2) is 23.8 Å². The second kappa shape index (κ2) is 7.11. The third kappa shape index (κ3) is 3.47. The lowest BCUT2D eigenvalue weighted by atomic mass is 10.1. The molecule has 1 aromatic carbocycles. The zero-order chi connectivity index (χ0) is 22.5. The summed E-state index contributed by atoms with van der Waals surface area (Å²) in [6.07, 6.45) is -4.72. The molecular weight excluding hydrogens is 415 g/mol. The second-order valence-electron chi connectivity index (χ2n) is 6.83. The van der Waals surface area contributed by atoms with Gasteiger partial charge in [0.2, 0.25) is 0 Å². The predicted octanol–water partition coefficient (Wildman–Crippen LogP) is 3.23. The van der Waals surface area contributed by atoms with Gasteiger partial charge in [-0.1, -0.05) is 12.1 Å². The Morgan fingerprint density at radius 3 is 2.39 bits per heavy atom. The van der Waals surface area contributed by atoms with E-state index in [1.165, 1.54) is 15.3 Å². The Labute approximate surface area is 172 Å². The maximum absolute atomic E-state index is 13.2. The SMILES string of the molecule is COC(=O)c1cc(C(F)(F)F)nc2[nH]c(-c3ccc(-n4c(C)nn(C)c4=O)cc3)cc12. The fourth-order valence-electron chi connectivity index (χ4n) is 3.36. The van der Waals surface area contributed by atoms with Crippen LogP contribution in [0.15, 0.2) is 41.2 Å². The van der Waals surface area contributed by atoms with Crippen LogP contribution in [-0.4, -0.2) is 37.4 Å². The number of fused-ring (bicyclic) bond motifs is 1. The van der Waals surface area contributed by atoms with E-state index in [1.807, 2.05) is 0 Å². The maximum atomic E-state index is 13.2. The average Bonchev–Trinajstić information content (AvgIpc) is 3.26. The highest BCUT2D eigenvalue weighted by atomic mass is 19.4. The number of carbonyl (C=O) groups is 1. The quantitative estimate of drug-likeness (QED) is 0.503. The lowest BCUT2D eigenvalue weighted by Gasteiger charge is -2.08. The molecule has 4 rings (SSSR count). The molecule has 11 heteroatoms. The Hall–Kier alpha value is -3.89. The average molecular weight is 431 g/mol. The smallest absolute Gasteiger partial charge is 0.433 e. The van der Waals surface area contributed by atoms with Crippen molar-refractivity contribution >= 4 is 17.0 Å². The van der Waals surface area contributed by atoms with Gasteiger partial charge in [-0.3, -0.25) is 0 Å². The van der Waals surface area contributed by atoms with Crippen LogP contribution in [0.5, 0.6) is 0 Å². The summed E-state index contributed by atoms with van der Waals surface area (Å²) in [6.45, 7) is 1.70. The van der Waals surface area contributed by atoms with Crippen molar-refractivity contribution in [1.29, 1.82) is 0 Å². The lowest BCUT2D eigenvalue weighted by Crippen LogP contribution is -2.21. The number of alkyl halides is 3. The van der Waals surface area contributed by atoms with Crippen LogP contribution in [0.2, 0.25) is 0 Å². The number of carbonyl (C=O) groups excluding carboxylic acids is 1. The van der Waals surface area contributed by atoms with Crippen LogP contribution >= 0.6 is 0 Å². The van der Waals surface area contributed by atoms with Crippen molar-refractivity contribution in [2.24, 2.45) is 7.05 Å². The van der Waals surface area contributed by atoms with Gasteiger partial charge in [0.15, 0.2) is 0 Å². The summed E-state index contributed by atoms with van der Waals surface area (Å²) < 4.78 is 46.9. The number of H-pyrrole nitrogens is 1. The molecule has 0 saturated carbocycles. The molecule has 3 heterocycles. The number of aromatic nitrogens is 5. The van der Waals surface area contributed by atoms with Crippen LogP contribution in [0.25, 0.3) is 28.0 Å². The number of nitrogens with one attached hydrogen (secondary N) is 1. The van der Waals surface area contributed by atoms with Crippen LogP contribution in [-0.2, 0) is 18.0 Å². The Bertz CT molecular complexity index is 1360. The molecule has 0 atom stereocenters. The summed E-state index contributed by atoms with van der Waals surface area (Å²) in [7, 11) is 2.64. The summed E-state index contributed by atoms with van der Waals surface area (Å²) in [5.74, 6) is -0.386. The normalized spacial score (nSPS) is 11.8. The molecule has 0 fully saturated rings. The highest BCUT2D eigenvalue weighted by Crippen LogP contribution is 2.33. The van der Waals surface area contributed by atoms with Gasteiger partial charge in [-0.15, -0.1) is 0 Å². The lowest BCUT2D eigenvalue weighted by molar-refractivity contribution is -0.141. The zero-order valence-corrected chi connectivity index (χ0v) is 16.6. The molecule has 0 aliphatic rings. The third-order valence-corrected chi connectivity index (χ3v) is 4.82. The van der Waals surface area contributed by atoms with Gasteiger partial charge < -0.3 is 9.72 Å². The first-order valence-corrected chi connectivity index (χ1v) is 9.03. The number of hydrogen-bond acceptors (Lipinski definition) is 5. The van der Waals surface area contributed by atoms with Crippen LogP contribution in [0.3, 0.4) is 0 Å². The van der Waals surface area contributed by atoms with Crippen LogP contribution in [0.1, 0.15) is 21.9 Å². The van der Waals surface area contributed by atoms with Gasteiger partial charge in [0.25, 0.3) is 0 Å². The number of nitrogens with zero attached hydrogens (tertiary/aromatic N) is 4.